The number of likely N-dealkylation sites (tertiary alicyclic amines) is 1. The van der Waals surface area contributed by atoms with Crippen molar-refractivity contribution in [3.05, 3.63) is 59.7 Å². The summed E-state index contributed by atoms with van der Waals surface area (Å²) in [5.74, 6) is -0.677. The Morgan fingerprint density at radius 1 is 1.04 bits per heavy atom. The van der Waals surface area contributed by atoms with Crippen LogP contribution in [-0.4, -0.2) is 29.2 Å². The Balaban J connectivity index is 1.59. The maximum absolute atomic E-state index is 12.5. The van der Waals surface area contributed by atoms with E-state index in [4.69, 9.17) is 0 Å². The summed E-state index contributed by atoms with van der Waals surface area (Å²) in [4.78, 5) is 37.6. The van der Waals surface area contributed by atoms with Crippen molar-refractivity contribution in [2.75, 3.05) is 17.2 Å². The summed E-state index contributed by atoms with van der Waals surface area (Å²) in [6, 6.07) is 14.9. The lowest BCUT2D eigenvalue weighted by molar-refractivity contribution is -0.128. The van der Waals surface area contributed by atoms with Crippen LogP contribution in [0.5, 0.6) is 0 Å². The Labute approximate surface area is 158 Å². The van der Waals surface area contributed by atoms with Gasteiger partial charge < -0.3 is 15.5 Å². The van der Waals surface area contributed by atoms with Crippen molar-refractivity contribution < 1.29 is 14.4 Å². The number of carbonyl (C=O) groups excluding carboxylic acids is 3. The van der Waals surface area contributed by atoms with Gasteiger partial charge in [0, 0.05) is 37.8 Å². The van der Waals surface area contributed by atoms with Crippen LogP contribution in [0.3, 0.4) is 0 Å². The van der Waals surface area contributed by atoms with Gasteiger partial charge in [0.15, 0.2) is 0 Å². The zero-order valence-corrected chi connectivity index (χ0v) is 15.5. The Morgan fingerprint density at radius 3 is 2.30 bits per heavy atom. The summed E-state index contributed by atoms with van der Waals surface area (Å²) in [6.07, 6.45) is 0.224. The maximum atomic E-state index is 12.5. The molecule has 0 radical (unpaired) electrons. The van der Waals surface area contributed by atoms with Gasteiger partial charge in [-0.15, -0.1) is 0 Å². The molecule has 0 bridgehead atoms. The van der Waals surface area contributed by atoms with Gasteiger partial charge in [0.1, 0.15) is 0 Å². The maximum Gasteiger partial charge on any atom is 0.229 e. The molecule has 1 aliphatic rings. The second-order valence-electron chi connectivity index (χ2n) is 6.85. The molecule has 27 heavy (non-hydrogen) atoms. The molecule has 0 spiro atoms. The minimum Gasteiger partial charge on any atom is -0.338 e. The summed E-state index contributed by atoms with van der Waals surface area (Å²) in [7, 11) is 0. The smallest absolute Gasteiger partial charge is 0.229 e. The molecule has 2 N–H and O–H groups in total. The number of carbonyl (C=O) groups is 3. The van der Waals surface area contributed by atoms with E-state index in [0.717, 1.165) is 11.1 Å². The predicted molar refractivity (Wildman–Crippen MR) is 104 cm³/mol. The fourth-order valence-corrected chi connectivity index (χ4v) is 3.18. The summed E-state index contributed by atoms with van der Waals surface area (Å²) >= 11 is 0. The highest BCUT2D eigenvalue weighted by atomic mass is 16.2. The third-order valence-corrected chi connectivity index (χ3v) is 4.68. The van der Waals surface area contributed by atoms with Gasteiger partial charge in [0.2, 0.25) is 17.7 Å². The van der Waals surface area contributed by atoms with Crippen LogP contribution in [0, 0.1) is 12.8 Å². The van der Waals surface area contributed by atoms with Crippen molar-refractivity contribution in [3.63, 3.8) is 0 Å². The molecule has 1 heterocycles. The molecule has 1 saturated heterocycles. The second kappa shape index (κ2) is 8.03. The molecule has 2 aromatic carbocycles. The first kappa shape index (κ1) is 18.6. The van der Waals surface area contributed by atoms with Gasteiger partial charge in [0.25, 0.3) is 0 Å². The van der Waals surface area contributed by atoms with E-state index in [0.29, 0.717) is 24.5 Å². The van der Waals surface area contributed by atoms with E-state index in [1.54, 1.807) is 29.2 Å². The number of benzene rings is 2. The highest BCUT2D eigenvalue weighted by Gasteiger charge is 2.34. The number of nitrogens with zero attached hydrogens (tertiary/aromatic N) is 1. The SMILES string of the molecule is CC(=O)Nc1ccc(NC(=O)C2CC(=O)N(Cc3ccccc3C)C2)cc1. The zero-order chi connectivity index (χ0) is 19.4. The molecule has 6 heteroatoms. The lowest BCUT2D eigenvalue weighted by atomic mass is 10.1. The normalized spacial score (nSPS) is 16.3. The van der Waals surface area contributed by atoms with Crippen molar-refractivity contribution in [1.82, 2.24) is 4.90 Å². The van der Waals surface area contributed by atoms with Crippen molar-refractivity contribution in [1.29, 1.82) is 0 Å². The van der Waals surface area contributed by atoms with Crippen LogP contribution in [0.1, 0.15) is 24.5 Å². The van der Waals surface area contributed by atoms with E-state index in [-0.39, 0.29) is 30.1 Å². The summed E-state index contributed by atoms with van der Waals surface area (Å²) in [5, 5.41) is 5.53. The van der Waals surface area contributed by atoms with Gasteiger partial charge in [0.05, 0.1) is 5.92 Å². The van der Waals surface area contributed by atoms with Crippen molar-refractivity contribution >= 4 is 29.1 Å². The molecule has 0 aliphatic carbocycles. The molecule has 0 aromatic heterocycles. The minimum absolute atomic E-state index is 0.000547. The van der Waals surface area contributed by atoms with E-state index < -0.39 is 0 Å². The molecule has 6 nitrogen and oxygen atoms in total. The number of anilines is 2. The van der Waals surface area contributed by atoms with E-state index >= 15 is 0 Å². The van der Waals surface area contributed by atoms with Crippen LogP contribution >= 0.6 is 0 Å². The van der Waals surface area contributed by atoms with Crippen LogP contribution in [0.25, 0.3) is 0 Å². The summed E-state index contributed by atoms with van der Waals surface area (Å²) in [6.45, 7) is 4.41. The van der Waals surface area contributed by atoms with Gasteiger partial charge in [-0.25, -0.2) is 0 Å². The quantitative estimate of drug-likeness (QED) is 0.855. The molecule has 140 valence electrons. The fourth-order valence-electron chi connectivity index (χ4n) is 3.18. The predicted octanol–water partition coefficient (Wildman–Crippen LogP) is 2.94. The van der Waals surface area contributed by atoms with Crippen LogP contribution in [0.2, 0.25) is 0 Å². The third-order valence-electron chi connectivity index (χ3n) is 4.68. The molecule has 1 unspecified atom stereocenters. The standard InChI is InChI=1S/C21H23N3O3/c1-14-5-3-4-6-16(14)12-24-13-17(11-20(24)26)21(27)23-19-9-7-18(8-10-19)22-15(2)25/h3-10,17H,11-13H2,1-2H3,(H,22,25)(H,23,27). The molecule has 3 amide bonds. The van der Waals surface area contributed by atoms with Crippen LogP contribution in [-0.2, 0) is 20.9 Å². The number of nitrogens with one attached hydrogen (secondary N) is 2. The monoisotopic (exact) mass is 365 g/mol. The van der Waals surface area contributed by atoms with E-state index in [1.807, 2.05) is 31.2 Å². The third kappa shape index (κ3) is 4.73. The highest BCUT2D eigenvalue weighted by Crippen LogP contribution is 2.23. The molecular weight excluding hydrogens is 342 g/mol. The number of rotatable bonds is 5. The first-order chi connectivity index (χ1) is 12.9. The second-order valence-corrected chi connectivity index (χ2v) is 6.85. The summed E-state index contributed by atoms with van der Waals surface area (Å²) < 4.78 is 0. The topological polar surface area (TPSA) is 78.5 Å². The average molecular weight is 365 g/mol. The van der Waals surface area contributed by atoms with Gasteiger partial charge in [-0.3, -0.25) is 14.4 Å². The lowest BCUT2D eigenvalue weighted by Gasteiger charge is -2.18. The fraction of sp³-hybridized carbons (Fsp3) is 0.286. The first-order valence-corrected chi connectivity index (χ1v) is 8.93. The molecule has 0 saturated carbocycles. The summed E-state index contributed by atoms with van der Waals surface area (Å²) in [5.41, 5.74) is 3.54. The Morgan fingerprint density at radius 2 is 1.67 bits per heavy atom. The molecule has 2 aromatic rings. The van der Waals surface area contributed by atoms with E-state index in [9.17, 15) is 14.4 Å². The number of hydrogen-bond acceptors (Lipinski definition) is 3. The Hall–Kier alpha value is -3.15. The average Bonchev–Trinajstić information content (AvgIpc) is 2.99. The van der Waals surface area contributed by atoms with Crippen molar-refractivity contribution in [3.8, 4) is 0 Å². The first-order valence-electron chi connectivity index (χ1n) is 8.93. The zero-order valence-electron chi connectivity index (χ0n) is 15.5. The number of aryl methyl sites for hydroxylation is 1. The van der Waals surface area contributed by atoms with Crippen LogP contribution in [0.4, 0.5) is 11.4 Å². The van der Waals surface area contributed by atoms with Crippen LogP contribution in [0.15, 0.2) is 48.5 Å². The van der Waals surface area contributed by atoms with Crippen molar-refractivity contribution in [2.45, 2.75) is 26.8 Å². The number of hydrogen-bond donors (Lipinski definition) is 2. The van der Waals surface area contributed by atoms with Crippen LogP contribution < -0.4 is 10.6 Å². The Kier molecular flexibility index (Phi) is 5.54. The van der Waals surface area contributed by atoms with Crippen molar-refractivity contribution in [2.24, 2.45) is 5.92 Å². The molecular formula is C21H23N3O3. The largest absolute Gasteiger partial charge is 0.338 e. The number of amides is 3. The van der Waals surface area contributed by atoms with E-state index in [1.165, 1.54) is 6.92 Å². The van der Waals surface area contributed by atoms with Gasteiger partial charge in [-0.1, -0.05) is 24.3 Å². The van der Waals surface area contributed by atoms with Gasteiger partial charge in [-0.05, 0) is 42.3 Å². The lowest BCUT2D eigenvalue weighted by Crippen LogP contribution is -2.28. The van der Waals surface area contributed by atoms with Gasteiger partial charge >= 0.3 is 0 Å². The minimum atomic E-state index is -0.364. The Bertz CT molecular complexity index is 861. The molecule has 1 atom stereocenters. The van der Waals surface area contributed by atoms with Gasteiger partial charge in [-0.2, -0.15) is 0 Å². The molecule has 3 rings (SSSR count). The highest BCUT2D eigenvalue weighted by molar-refractivity contribution is 5.97. The molecule has 1 aliphatic heterocycles. The van der Waals surface area contributed by atoms with E-state index in [2.05, 4.69) is 10.6 Å². The molecule has 1 fully saturated rings.